The number of carbonyl (C=O) groups excluding carboxylic acids is 2. The molecule has 0 unspecified atom stereocenters. The fraction of sp³-hybridized carbons (Fsp3) is 0.182. The van der Waals surface area contributed by atoms with E-state index in [4.69, 9.17) is 0 Å². The number of anilines is 2. The summed E-state index contributed by atoms with van der Waals surface area (Å²) in [6.45, 7) is 4.09. The number of para-hydroxylation sites is 1. The van der Waals surface area contributed by atoms with Crippen molar-refractivity contribution in [1.82, 2.24) is 4.57 Å². The normalized spacial score (nSPS) is 10.6. The number of aromatic nitrogens is 1. The molecule has 2 N–H and O–H groups in total. The highest BCUT2D eigenvalue weighted by Crippen LogP contribution is 2.19. The Morgan fingerprint density at radius 1 is 0.862 bits per heavy atom. The van der Waals surface area contributed by atoms with Crippen molar-refractivity contribution >= 4 is 35.0 Å². The zero-order valence-corrected chi connectivity index (χ0v) is 17.1. The molecule has 1 heterocycles. The van der Waals surface area contributed by atoms with Gasteiger partial charge in [-0.05, 0) is 62.4 Å². The highest BCUT2D eigenvalue weighted by molar-refractivity contribution is 8.00. The Morgan fingerprint density at radius 2 is 1.45 bits per heavy atom. The number of hydrogen-bond donors (Lipinski definition) is 2. The minimum Gasteiger partial charge on any atom is -0.325 e. The predicted molar refractivity (Wildman–Crippen MR) is 116 cm³/mol. The first-order valence-corrected chi connectivity index (χ1v) is 10.3. The molecule has 29 heavy (non-hydrogen) atoms. The van der Waals surface area contributed by atoms with E-state index in [9.17, 15) is 14.0 Å². The van der Waals surface area contributed by atoms with Crippen LogP contribution in [0.2, 0.25) is 0 Å². The fourth-order valence-corrected chi connectivity index (χ4v) is 3.57. The molecular formula is C22H22FN3O2S. The monoisotopic (exact) mass is 411 g/mol. The summed E-state index contributed by atoms with van der Waals surface area (Å²) < 4.78 is 15.7. The van der Waals surface area contributed by atoms with Crippen LogP contribution in [0.1, 0.15) is 11.4 Å². The molecule has 0 saturated carbocycles. The summed E-state index contributed by atoms with van der Waals surface area (Å²) >= 11 is 1.17. The summed E-state index contributed by atoms with van der Waals surface area (Å²) in [4.78, 5) is 24.0. The van der Waals surface area contributed by atoms with Gasteiger partial charge in [0.25, 0.3) is 0 Å². The van der Waals surface area contributed by atoms with Gasteiger partial charge >= 0.3 is 0 Å². The maximum Gasteiger partial charge on any atom is 0.234 e. The van der Waals surface area contributed by atoms with Crippen LogP contribution in [0.4, 0.5) is 15.8 Å². The topological polar surface area (TPSA) is 63.1 Å². The number of amides is 2. The van der Waals surface area contributed by atoms with E-state index in [0.29, 0.717) is 5.69 Å². The van der Waals surface area contributed by atoms with Gasteiger partial charge in [-0.15, -0.1) is 11.8 Å². The molecule has 0 aliphatic carbocycles. The molecule has 0 saturated heterocycles. The van der Waals surface area contributed by atoms with Gasteiger partial charge in [0.15, 0.2) is 0 Å². The molecule has 0 bridgehead atoms. The molecule has 0 spiro atoms. The predicted octanol–water partition coefficient (Wildman–Crippen LogP) is 4.54. The highest BCUT2D eigenvalue weighted by Gasteiger charge is 2.09. The SMILES string of the molecule is Cc1ccc(C)n1-c1ccc(NC(=O)CSCC(=O)Nc2ccccc2F)cc1. The fourth-order valence-electron chi connectivity index (χ4n) is 2.95. The smallest absolute Gasteiger partial charge is 0.234 e. The van der Waals surface area contributed by atoms with Crippen molar-refractivity contribution in [3.63, 3.8) is 0 Å². The Balaban J connectivity index is 1.46. The second kappa shape index (κ2) is 9.43. The highest BCUT2D eigenvalue weighted by atomic mass is 32.2. The lowest BCUT2D eigenvalue weighted by Gasteiger charge is -2.11. The molecule has 150 valence electrons. The summed E-state index contributed by atoms with van der Waals surface area (Å²) in [6, 6.07) is 17.7. The van der Waals surface area contributed by atoms with Crippen LogP contribution in [-0.4, -0.2) is 27.9 Å². The lowest BCUT2D eigenvalue weighted by atomic mass is 10.2. The quantitative estimate of drug-likeness (QED) is 0.600. The molecule has 0 atom stereocenters. The van der Waals surface area contributed by atoms with Crippen molar-refractivity contribution in [2.45, 2.75) is 13.8 Å². The van der Waals surface area contributed by atoms with Crippen LogP contribution in [0.5, 0.6) is 0 Å². The number of benzene rings is 2. The average molecular weight is 412 g/mol. The van der Waals surface area contributed by atoms with Crippen molar-refractivity contribution in [3.8, 4) is 5.69 Å². The van der Waals surface area contributed by atoms with Crippen LogP contribution >= 0.6 is 11.8 Å². The second-order valence-corrected chi connectivity index (χ2v) is 7.55. The molecule has 0 aliphatic rings. The summed E-state index contributed by atoms with van der Waals surface area (Å²) in [5.74, 6) is -0.850. The molecular weight excluding hydrogens is 389 g/mol. The van der Waals surface area contributed by atoms with Crippen LogP contribution in [0.3, 0.4) is 0 Å². The molecule has 2 aromatic carbocycles. The summed E-state index contributed by atoms with van der Waals surface area (Å²) in [7, 11) is 0. The Kier molecular flexibility index (Phi) is 6.72. The third-order valence-electron chi connectivity index (χ3n) is 4.29. The number of nitrogens with zero attached hydrogens (tertiary/aromatic N) is 1. The van der Waals surface area contributed by atoms with E-state index in [1.54, 1.807) is 12.1 Å². The van der Waals surface area contributed by atoms with E-state index in [-0.39, 0.29) is 29.0 Å². The minimum absolute atomic E-state index is 0.0624. The number of aryl methyl sites for hydroxylation is 2. The van der Waals surface area contributed by atoms with Crippen LogP contribution in [-0.2, 0) is 9.59 Å². The van der Waals surface area contributed by atoms with Gasteiger partial charge in [-0.3, -0.25) is 9.59 Å². The Hall–Kier alpha value is -3.06. The van der Waals surface area contributed by atoms with E-state index < -0.39 is 5.82 Å². The van der Waals surface area contributed by atoms with Crippen molar-refractivity contribution in [2.24, 2.45) is 0 Å². The number of carbonyl (C=O) groups is 2. The molecule has 2 amide bonds. The van der Waals surface area contributed by atoms with Gasteiger partial charge in [-0.1, -0.05) is 12.1 Å². The average Bonchev–Trinajstić information content (AvgIpc) is 3.03. The van der Waals surface area contributed by atoms with Crippen LogP contribution in [0, 0.1) is 19.7 Å². The molecule has 5 nitrogen and oxygen atoms in total. The Labute approximate surface area is 173 Å². The van der Waals surface area contributed by atoms with Crippen molar-refractivity contribution in [2.75, 3.05) is 22.1 Å². The van der Waals surface area contributed by atoms with Crippen LogP contribution in [0.25, 0.3) is 5.69 Å². The van der Waals surface area contributed by atoms with Crippen LogP contribution in [0.15, 0.2) is 60.7 Å². The summed E-state index contributed by atoms with van der Waals surface area (Å²) in [6.07, 6.45) is 0. The van der Waals surface area contributed by atoms with Gasteiger partial charge < -0.3 is 15.2 Å². The Bertz CT molecular complexity index is 996. The molecule has 0 radical (unpaired) electrons. The van der Waals surface area contributed by atoms with E-state index >= 15 is 0 Å². The third kappa shape index (κ3) is 5.48. The second-order valence-electron chi connectivity index (χ2n) is 6.57. The minimum atomic E-state index is -0.489. The number of hydrogen-bond acceptors (Lipinski definition) is 3. The largest absolute Gasteiger partial charge is 0.325 e. The summed E-state index contributed by atoms with van der Waals surface area (Å²) in [5, 5.41) is 5.31. The molecule has 7 heteroatoms. The van der Waals surface area contributed by atoms with E-state index in [0.717, 1.165) is 17.1 Å². The first-order valence-electron chi connectivity index (χ1n) is 9.11. The van der Waals surface area contributed by atoms with Gasteiger partial charge in [0.05, 0.1) is 17.2 Å². The maximum absolute atomic E-state index is 13.5. The first-order chi connectivity index (χ1) is 13.9. The van der Waals surface area contributed by atoms with E-state index in [1.165, 1.54) is 23.9 Å². The lowest BCUT2D eigenvalue weighted by molar-refractivity contribution is -0.114. The molecule has 0 aliphatic heterocycles. The molecule has 3 rings (SSSR count). The Morgan fingerprint density at radius 3 is 2.07 bits per heavy atom. The number of nitrogens with one attached hydrogen (secondary N) is 2. The zero-order valence-electron chi connectivity index (χ0n) is 16.2. The van der Waals surface area contributed by atoms with Gasteiger partial charge in [0.2, 0.25) is 11.8 Å². The molecule has 1 aromatic heterocycles. The van der Waals surface area contributed by atoms with Gasteiger partial charge in [0.1, 0.15) is 5.82 Å². The lowest BCUT2D eigenvalue weighted by Crippen LogP contribution is -2.18. The van der Waals surface area contributed by atoms with Gasteiger partial charge in [0, 0.05) is 22.8 Å². The van der Waals surface area contributed by atoms with Crippen molar-refractivity contribution in [3.05, 3.63) is 77.9 Å². The maximum atomic E-state index is 13.5. The zero-order chi connectivity index (χ0) is 20.8. The van der Waals surface area contributed by atoms with E-state index in [1.807, 2.05) is 38.1 Å². The van der Waals surface area contributed by atoms with Gasteiger partial charge in [-0.25, -0.2) is 4.39 Å². The van der Waals surface area contributed by atoms with Gasteiger partial charge in [-0.2, -0.15) is 0 Å². The molecule has 3 aromatic rings. The number of rotatable bonds is 7. The number of thioether (sulfide) groups is 1. The van der Waals surface area contributed by atoms with Crippen molar-refractivity contribution in [1.29, 1.82) is 0 Å². The summed E-state index contributed by atoms with van der Waals surface area (Å²) in [5.41, 5.74) is 4.14. The molecule has 0 fully saturated rings. The van der Waals surface area contributed by atoms with E-state index in [2.05, 4.69) is 27.3 Å². The standard InChI is InChI=1S/C22H22FN3O2S/c1-15-7-8-16(2)26(15)18-11-9-17(10-12-18)24-21(27)13-29-14-22(28)25-20-6-4-3-5-19(20)23/h3-12H,13-14H2,1-2H3,(H,24,27)(H,25,28). The first kappa shape index (κ1) is 20.7. The number of halogens is 1. The van der Waals surface area contributed by atoms with Crippen molar-refractivity contribution < 1.29 is 14.0 Å². The van der Waals surface area contributed by atoms with Crippen LogP contribution < -0.4 is 10.6 Å². The third-order valence-corrected chi connectivity index (χ3v) is 5.23.